The molecule has 1 saturated heterocycles. The number of rotatable bonds is 4. The molecule has 2 rings (SSSR count). The third-order valence-electron chi connectivity index (χ3n) is 4.68. The molecule has 0 aromatic heterocycles. The van der Waals surface area contributed by atoms with Gasteiger partial charge in [-0.15, -0.1) is 0 Å². The molecule has 0 spiro atoms. The van der Waals surface area contributed by atoms with Gasteiger partial charge in [0.25, 0.3) is 0 Å². The Bertz CT molecular complexity index is 360. The van der Waals surface area contributed by atoms with Crippen LogP contribution >= 0.6 is 0 Å². The third-order valence-corrected chi connectivity index (χ3v) is 4.68. The second kappa shape index (κ2) is 5.39. The fourth-order valence-corrected chi connectivity index (χ4v) is 2.84. The molecule has 2 aliphatic rings. The highest BCUT2D eigenvalue weighted by molar-refractivity contribution is 5.86. The summed E-state index contributed by atoms with van der Waals surface area (Å²) in [6.45, 7) is 5.29. The first-order chi connectivity index (χ1) is 8.97. The molecule has 5 heteroatoms. The van der Waals surface area contributed by atoms with Crippen molar-refractivity contribution in [2.45, 2.75) is 51.5 Å². The fraction of sp³-hybridized carbons (Fsp3) is 0.857. The molecule has 0 aromatic rings. The Balaban J connectivity index is 1.91. The number of amides is 2. The van der Waals surface area contributed by atoms with Gasteiger partial charge < -0.3 is 15.3 Å². The van der Waals surface area contributed by atoms with Crippen LogP contribution in [-0.4, -0.2) is 40.6 Å². The minimum Gasteiger partial charge on any atom is -0.480 e. The summed E-state index contributed by atoms with van der Waals surface area (Å²) in [6, 6.07) is -0.216. The van der Waals surface area contributed by atoms with Crippen molar-refractivity contribution in [1.82, 2.24) is 10.2 Å². The van der Waals surface area contributed by atoms with Crippen LogP contribution in [0, 0.1) is 11.8 Å². The molecule has 2 amide bonds. The van der Waals surface area contributed by atoms with Gasteiger partial charge in [-0.3, -0.25) is 0 Å². The van der Waals surface area contributed by atoms with E-state index < -0.39 is 11.5 Å². The summed E-state index contributed by atoms with van der Waals surface area (Å²) in [5.74, 6) is -0.132. The summed E-state index contributed by atoms with van der Waals surface area (Å²) >= 11 is 0. The largest absolute Gasteiger partial charge is 0.480 e. The topological polar surface area (TPSA) is 69.6 Å². The number of urea groups is 1. The number of carboxylic acid groups (broad SMARTS) is 1. The summed E-state index contributed by atoms with van der Waals surface area (Å²) in [6.07, 6.45) is 4.99. The van der Waals surface area contributed by atoms with E-state index in [1.165, 1.54) is 0 Å². The molecule has 1 aliphatic heterocycles. The predicted molar refractivity (Wildman–Crippen MR) is 71.9 cm³/mol. The van der Waals surface area contributed by atoms with E-state index in [0.717, 1.165) is 45.2 Å². The van der Waals surface area contributed by atoms with Crippen LogP contribution in [0.1, 0.15) is 46.0 Å². The summed E-state index contributed by atoms with van der Waals surface area (Å²) < 4.78 is 0. The maximum absolute atomic E-state index is 12.2. The van der Waals surface area contributed by atoms with Crippen molar-refractivity contribution in [3.05, 3.63) is 0 Å². The molecule has 5 nitrogen and oxygen atoms in total. The first kappa shape index (κ1) is 14.2. The van der Waals surface area contributed by atoms with E-state index in [1.54, 1.807) is 11.8 Å². The molecule has 1 atom stereocenters. The number of aliphatic carboxylic acids is 1. The van der Waals surface area contributed by atoms with Crippen LogP contribution < -0.4 is 5.32 Å². The number of carboxylic acids is 1. The van der Waals surface area contributed by atoms with Gasteiger partial charge in [-0.2, -0.15) is 0 Å². The van der Waals surface area contributed by atoms with Crippen molar-refractivity contribution in [2.24, 2.45) is 11.8 Å². The van der Waals surface area contributed by atoms with Gasteiger partial charge in [-0.05, 0) is 44.4 Å². The molecule has 2 N–H and O–H groups in total. The quantitative estimate of drug-likeness (QED) is 0.820. The van der Waals surface area contributed by atoms with Crippen LogP contribution in [0.5, 0.6) is 0 Å². The molecular weight excluding hydrogens is 244 g/mol. The third kappa shape index (κ3) is 3.01. The average Bonchev–Trinajstić information content (AvgIpc) is 3.23. The maximum Gasteiger partial charge on any atom is 0.329 e. The number of carbonyl (C=O) groups excluding carboxylic acids is 1. The van der Waals surface area contributed by atoms with Crippen molar-refractivity contribution in [3.8, 4) is 0 Å². The van der Waals surface area contributed by atoms with Gasteiger partial charge in [-0.1, -0.05) is 13.3 Å². The number of hydrogen-bond acceptors (Lipinski definition) is 2. The lowest BCUT2D eigenvalue weighted by atomic mass is 9.94. The minimum atomic E-state index is -1.10. The molecule has 1 aliphatic carbocycles. The van der Waals surface area contributed by atoms with Crippen LogP contribution in [0.2, 0.25) is 0 Å². The van der Waals surface area contributed by atoms with Gasteiger partial charge in [0.05, 0.1) is 0 Å². The van der Waals surface area contributed by atoms with Crippen LogP contribution in [0.4, 0.5) is 4.79 Å². The van der Waals surface area contributed by atoms with Crippen molar-refractivity contribution in [1.29, 1.82) is 0 Å². The predicted octanol–water partition coefficient (Wildman–Crippen LogP) is 2.07. The average molecular weight is 268 g/mol. The molecular formula is C14H24N2O3. The Morgan fingerprint density at radius 3 is 2.26 bits per heavy atom. The van der Waals surface area contributed by atoms with E-state index in [-0.39, 0.29) is 11.9 Å². The van der Waals surface area contributed by atoms with Crippen LogP contribution in [-0.2, 0) is 4.79 Å². The number of piperidine rings is 1. The number of nitrogens with one attached hydrogen (secondary N) is 1. The molecule has 0 bridgehead atoms. The van der Waals surface area contributed by atoms with E-state index in [4.69, 9.17) is 0 Å². The normalized spacial score (nSPS) is 23.8. The Labute approximate surface area is 114 Å². The van der Waals surface area contributed by atoms with E-state index in [1.807, 2.05) is 0 Å². The van der Waals surface area contributed by atoms with Crippen molar-refractivity contribution in [2.75, 3.05) is 13.1 Å². The second-order valence-corrected chi connectivity index (χ2v) is 6.05. The lowest BCUT2D eigenvalue weighted by Gasteiger charge is -2.35. The first-order valence-electron chi connectivity index (χ1n) is 7.27. The summed E-state index contributed by atoms with van der Waals surface area (Å²) in [7, 11) is 0. The zero-order chi connectivity index (χ0) is 14.0. The van der Waals surface area contributed by atoms with E-state index in [9.17, 15) is 14.7 Å². The fourth-order valence-electron chi connectivity index (χ4n) is 2.84. The highest BCUT2D eigenvalue weighted by Crippen LogP contribution is 2.39. The first-order valence-corrected chi connectivity index (χ1v) is 7.27. The summed E-state index contributed by atoms with van der Waals surface area (Å²) in [5, 5.41) is 12.1. The second-order valence-electron chi connectivity index (χ2n) is 6.05. The number of likely N-dealkylation sites (tertiary alicyclic amines) is 1. The van der Waals surface area contributed by atoms with Crippen LogP contribution in [0.25, 0.3) is 0 Å². The lowest BCUT2D eigenvalue weighted by Crippen LogP contribution is -2.58. The van der Waals surface area contributed by atoms with E-state index in [2.05, 4.69) is 12.2 Å². The molecule has 1 saturated carbocycles. The standard InChI is InChI=1S/C14H24N2O3/c1-3-10-6-8-16(9-7-10)13(19)15-14(2,12(17)18)11-4-5-11/h10-11H,3-9H2,1-2H3,(H,15,19)(H,17,18). The minimum absolute atomic E-state index is 0.0853. The number of nitrogens with zero attached hydrogens (tertiary/aromatic N) is 1. The molecule has 1 unspecified atom stereocenters. The van der Waals surface area contributed by atoms with Gasteiger partial charge in [0, 0.05) is 13.1 Å². The molecule has 19 heavy (non-hydrogen) atoms. The number of hydrogen-bond donors (Lipinski definition) is 2. The zero-order valence-electron chi connectivity index (χ0n) is 11.8. The van der Waals surface area contributed by atoms with Gasteiger partial charge >= 0.3 is 12.0 Å². The van der Waals surface area contributed by atoms with E-state index >= 15 is 0 Å². The van der Waals surface area contributed by atoms with Crippen molar-refractivity contribution >= 4 is 12.0 Å². The Hall–Kier alpha value is -1.26. The highest BCUT2D eigenvalue weighted by atomic mass is 16.4. The molecule has 108 valence electrons. The smallest absolute Gasteiger partial charge is 0.329 e. The molecule has 0 aromatic carbocycles. The van der Waals surface area contributed by atoms with Crippen molar-refractivity contribution in [3.63, 3.8) is 0 Å². The van der Waals surface area contributed by atoms with Gasteiger partial charge in [0.1, 0.15) is 5.54 Å². The summed E-state index contributed by atoms with van der Waals surface area (Å²) in [4.78, 5) is 25.3. The summed E-state index contributed by atoms with van der Waals surface area (Å²) in [5.41, 5.74) is -1.10. The SMILES string of the molecule is CCC1CCN(C(=O)NC(C)(C(=O)O)C2CC2)CC1. The molecule has 1 heterocycles. The van der Waals surface area contributed by atoms with Gasteiger partial charge in [0.15, 0.2) is 0 Å². The van der Waals surface area contributed by atoms with Gasteiger partial charge in [0.2, 0.25) is 0 Å². The zero-order valence-corrected chi connectivity index (χ0v) is 11.8. The Kier molecular flexibility index (Phi) is 4.02. The Morgan fingerprint density at radius 2 is 1.84 bits per heavy atom. The maximum atomic E-state index is 12.2. The van der Waals surface area contributed by atoms with E-state index in [0.29, 0.717) is 5.92 Å². The number of carbonyl (C=O) groups is 2. The lowest BCUT2D eigenvalue weighted by molar-refractivity contribution is -0.144. The monoisotopic (exact) mass is 268 g/mol. The molecule has 0 radical (unpaired) electrons. The molecule has 2 fully saturated rings. The van der Waals surface area contributed by atoms with Gasteiger partial charge in [-0.25, -0.2) is 9.59 Å². The van der Waals surface area contributed by atoms with Crippen LogP contribution in [0.3, 0.4) is 0 Å². The van der Waals surface area contributed by atoms with Crippen molar-refractivity contribution < 1.29 is 14.7 Å². The highest BCUT2D eigenvalue weighted by Gasteiger charge is 2.49. The van der Waals surface area contributed by atoms with Crippen LogP contribution in [0.15, 0.2) is 0 Å². The Morgan fingerprint density at radius 1 is 1.26 bits per heavy atom.